The Bertz CT molecular complexity index is 516. The van der Waals surface area contributed by atoms with Gasteiger partial charge in [-0.25, -0.2) is 14.4 Å². The SMILES string of the molecule is Nc1ncc(F)c(Sc2cc(Cl)ccc2Cl)n1. The molecule has 0 saturated carbocycles. The number of nitrogens with two attached hydrogens (primary N) is 1. The number of benzene rings is 1. The molecule has 0 fully saturated rings. The fourth-order valence-corrected chi connectivity index (χ4v) is 2.41. The van der Waals surface area contributed by atoms with Gasteiger partial charge in [-0.2, -0.15) is 0 Å². The number of nitrogen functional groups attached to an aromatic ring is 1. The Morgan fingerprint density at radius 3 is 2.82 bits per heavy atom. The third-order valence-electron chi connectivity index (χ3n) is 1.83. The summed E-state index contributed by atoms with van der Waals surface area (Å²) in [6.45, 7) is 0. The summed E-state index contributed by atoms with van der Waals surface area (Å²) >= 11 is 12.8. The molecule has 0 aliphatic heterocycles. The van der Waals surface area contributed by atoms with Crippen molar-refractivity contribution in [3.8, 4) is 0 Å². The molecular weight excluding hydrogens is 284 g/mol. The van der Waals surface area contributed by atoms with Crippen molar-refractivity contribution in [1.29, 1.82) is 0 Å². The molecule has 1 aromatic heterocycles. The Hall–Kier alpha value is -1.04. The fourth-order valence-electron chi connectivity index (χ4n) is 1.10. The van der Waals surface area contributed by atoms with E-state index >= 15 is 0 Å². The fraction of sp³-hybridized carbons (Fsp3) is 0. The number of nitrogens with zero attached hydrogens (tertiary/aromatic N) is 2. The summed E-state index contributed by atoms with van der Waals surface area (Å²) in [6.07, 6.45) is 1.02. The van der Waals surface area contributed by atoms with Crippen LogP contribution >= 0.6 is 35.0 Å². The van der Waals surface area contributed by atoms with Crippen LogP contribution in [0.1, 0.15) is 0 Å². The molecule has 2 aromatic rings. The second kappa shape index (κ2) is 5.08. The molecular formula is C10H6Cl2FN3S. The van der Waals surface area contributed by atoms with E-state index in [2.05, 4.69) is 9.97 Å². The average molecular weight is 290 g/mol. The van der Waals surface area contributed by atoms with E-state index in [1.165, 1.54) is 0 Å². The largest absolute Gasteiger partial charge is 0.368 e. The van der Waals surface area contributed by atoms with E-state index in [9.17, 15) is 4.39 Å². The van der Waals surface area contributed by atoms with Gasteiger partial charge in [0.05, 0.1) is 11.2 Å². The van der Waals surface area contributed by atoms with E-state index < -0.39 is 5.82 Å². The topological polar surface area (TPSA) is 51.8 Å². The quantitative estimate of drug-likeness (QED) is 0.858. The maximum Gasteiger partial charge on any atom is 0.221 e. The van der Waals surface area contributed by atoms with Crippen LogP contribution in [-0.4, -0.2) is 9.97 Å². The predicted octanol–water partition coefficient (Wildman–Crippen LogP) is 3.66. The first kappa shape index (κ1) is 12.4. The first-order valence-corrected chi connectivity index (χ1v) is 6.04. The van der Waals surface area contributed by atoms with Crippen molar-refractivity contribution in [3.05, 3.63) is 40.3 Å². The first-order chi connectivity index (χ1) is 8.06. The predicted molar refractivity (Wildman–Crippen MR) is 67.0 cm³/mol. The van der Waals surface area contributed by atoms with Gasteiger partial charge in [-0.1, -0.05) is 35.0 Å². The van der Waals surface area contributed by atoms with Gasteiger partial charge in [0.2, 0.25) is 5.95 Å². The third kappa shape index (κ3) is 3.00. The second-order valence-electron chi connectivity index (χ2n) is 3.06. The minimum absolute atomic E-state index is 0.00653. The van der Waals surface area contributed by atoms with Gasteiger partial charge in [-0.05, 0) is 18.2 Å². The van der Waals surface area contributed by atoms with Gasteiger partial charge in [0.1, 0.15) is 5.03 Å². The van der Waals surface area contributed by atoms with Gasteiger partial charge in [-0.15, -0.1) is 0 Å². The Kier molecular flexibility index (Phi) is 3.71. The zero-order valence-electron chi connectivity index (χ0n) is 8.32. The van der Waals surface area contributed by atoms with Crippen LogP contribution in [0.25, 0.3) is 0 Å². The zero-order valence-corrected chi connectivity index (χ0v) is 10.7. The molecule has 1 aromatic carbocycles. The average Bonchev–Trinajstić information content (AvgIpc) is 2.28. The van der Waals surface area contributed by atoms with Crippen molar-refractivity contribution in [3.63, 3.8) is 0 Å². The van der Waals surface area contributed by atoms with Gasteiger partial charge < -0.3 is 5.73 Å². The van der Waals surface area contributed by atoms with Gasteiger partial charge in [0, 0.05) is 9.92 Å². The summed E-state index contributed by atoms with van der Waals surface area (Å²) in [5, 5.41) is 1.09. The van der Waals surface area contributed by atoms with Gasteiger partial charge in [-0.3, -0.25) is 0 Å². The van der Waals surface area contributed by atoms with E-state index in [4.69, 9.17) is 28.9 Å². The molecule has 0 bridgehead atoms. The molecule has 2 N–H and O–H groups in total. The smallest absolute Gasteiger partial charge is 0.221 e. The van der Waals surface area contributed by atoms with Crippen LogP contribution in [-0.2, 0) is 0 Å². The Labute approximate surface area is 111 Å². The van der Waals surface area contributed by atoms with Gasteiger partial charge in [0.15, 0.2) is 5.82 Å². The van der Waals surface area contributed by atoms with Crippen LogP contribution in [0, 0.1) is 5.82 Å². The molecule has 0 radical (unpaired) electrons. The molecule has 1 heterocycles. The molecule has 0 aliphatic carbocycles. The number of rotatable bonds is 2. The van der Waals surface area contributed by atoms with Crippen molar-refractivity contribution in [2.24, 2.45) is 0 Å². The number of aromatic nitrogens is 2. The summed E-state index contributed by atoms with van der Waals surface area (Å²) in [7, 11) is 0. The first-order valence-electron chi connectivity index (χ1n) is 4.47. The van der Waals surface area contributed by atoms with Gasteiger partial charge in [0.25, 0.3) is 0 Å². The normalized spacial score (nSPS) is 10.5. The van der Waals surface area contributed by atoms with Gasteiger partial charge >= 0.3 is 0 Å². The zero-order chi connectivity index (χ0) is 12.4. The van der Waals surface area contributed by atoms with Crippen molar-refractivity contribution < 1.29 is 4.39 Å². The molecule has 0 saturated heterocycles. The van der Waals surface area contributed by atoms with Crippen molar-refractivity contribution in [1.82, 2.24) is 9.97 Å². The molecule has 3 nitrogen and oxygen atoms in total. The highest BCUT2D eigenvalue weighted by atomic mass is 35.5. The number of anilines is 1. The van der Waals surface area contributed by atoms with Crippen molar-refractivity contribution in [2.45, 2.75) is 9.92 Å². The van der Waals surface area contributed by atoms with E-state index in [0.717, 1.165) is 18.0 Å². The minimum Gasteiger partial charge on any atom is -0.368 e. The number of hydrogen-bond donors (Lipinski definition) is 1. The molecule has 2 rings (SSSR count). The Morgan fingerprint density at radius 2 is 2.06 bits per heavy atom. The Balaban J connectivity index is 2.37. The summed E-state index contributed by atoms with van der Waals surface area (Å²) < 4.78 is 13.4. The van der Waals surface area contributed by atoms with Crippen LogP contribution in [0.3, 0.4) is 0 Å². The maximum atomic E-state index is 13.4. The van der Waals surface area contributed by atoms with Crippen molar-refractivity contribution >= 4 is 40.9 Å². The number of hydrogen-bond acceptors (Lipinski definition) is 4. The Morgan fingerprint density at radius 1 is 1.29 bits per heavy atom. The molecule has 7 heteroatoms. The summed E-state index contributed by atoms with van der Waals surface area (Å²) in [6, 6.07) is 4.92. The monoisotopic (exact) mass is 289 g/mol. The molecule has 0 amide bonds. The molecule has 17 heavy (non-hydrogen) atoms. The van der Waals surface area contributed by atoms with Crippen LogP contribution in [0.15, 0.2) is 34.3 Å². The van der Waals surface area contributed by atoms with Crippen LogP contribution in [0.4, 0.5) is 10.3 Å². The lowest BCUT2D eigenvalue weighted by atomic mass is 10.4. The molecule has 0 unspecified atom stereocenters. The van der Waals surface area contributed by atoms with Crippen LogP contribution in [0.5, 0.6) is 0 Å². The van der Waals surface area contributed by atoms with E-state index in [0.29, 0.717) is 14.9 Å². The van der Waals surface area contributed by atoms with Crippen LogP contribution < -0.4 is 5.73 Å². The lowest BCUT2D eigenvalue weighted by Gasteiger charge is -2.05. The third-order valence-corrected chi connectivity index (χ3v) is 3.54. The molecule has 0 spiro atoms. The summed E-state index contributed by atoms with van der Waals surface area (Å²) in [5.74, 6) is -0.549. The highest BCUT2D eigenvalue weighted by molar-refractivity contribution is 7.99. The van der Waals surface area contributed by atoms with Crippen LogP contribution in [0.2, 0.25) is 10.0 Å². The van der Waals surface area contributed by atoms with E-state index in [-0.39, 0.29) is 11.0 Å². The lowest BCUT2D eigenvalue weighted by molar-refractivity contribution is 0.580. The van der Waals surface area contributed by atoms with E-state index in [1.54, 1.807) is 18.2 Å². The lowest BCUT2D eigenvalue weighted by Crippen LogP contribution is -1.97. The molecule has 0 atom stereocenters. The maximum absolute atomic E-state index is 13.4. The molecule has 0 aliphatic rings. The molecule has 88 valence electrons. The summed E-state index contributed by atoms with van der Waals surface area (Å²) in [4.78, 5) is 7.94. The summed E-state index contributed by atoms with van der Waals surface area (Å²) in [5.41, 5.74) is 5.39. The highest BCUT2D eigenvalue weighted by Crippen LogP contribution is 2.35. The van der Waals surface area contributed by atoms with E-state index in [1.807, 2.05) is 0 Å². The number of halogens is 3. The minimum atomic E-state index is -0.555. The standard InChI is InChI=1S/C10H6Cl2FN3S/c11-5-1-2-6(12)8(3-5)17-9-7(13)4-15-10(14)16-9/h1-4H,(H2,14,15,16). The second-order valence-corrected chi connectivity index (χ2v) is 4.93. The van der Waals surface area contributed by atoms with Crippen molar-refractivity contribution in [2.75, 3.05) is 5.73 Å². The highest BCUT2D eigenvalue weighted by Gasteiger charge is 2.10.